The molecule has 4 rings (SSSR count). The molecular weight excluding hydrogens is 300 g/mol. The van der Waals surface area contributed by atoms with E-state index in [1.807, 2.05) is 6.08 Å². The van der Waals surface area contributed by atoms with Crippen molar-refractivity contribution in [2.45, 2.75) is 71.8 Å². The summed E-state index contributed by atoms with van der Waals surface area (Å²) in [6, 6.07) is 0. The number of hydrogen-bond acceptors (Lipinski definition) is 3. The van der Waals surface area contributed by atoms with E-state index < -0.39 is 0 Å². The summed E-state index contributed by atoms with van der Waals surface area (Å²) in [5, 5.41) is 11.2. The van der Waals surface area contributed by atoms with Crippen LogP contribution in [0.4, 0.5) is 0 Å². The van der Waals surface area contributed by atoms with Crippen LogP contribution in [0.15, 0.2) is 11.6 Å². The number of fused-ring (bicyclic) bond motifs is 5. The van der Waals surface area contributed by atoms with Gasteiger partial charge in [-0.05, 0) is 80.1 Å². The molecule has 4 aliphatic carbocycles. The Kier molecular flexibility index (Phi) is 3.62. The first-order valence-corrected chi connectivity index (χ1v) is 9.70. The molecule has 24 heavy (non-hydrogen) atoms. The number of allylic oxidation sites excluding steroid dienone is 1. The predicted molar refractivity (Wildman–Crippen MR) is 92.3 cm³/mol. The van der Waals surface area contributed by atoms with Crippen molar-refractivity contribution in [3.05, 3.63) is 11.6 Å². The van der Waals surface area contributed by atoms with Crippen molar-refractivity contribution in [3.8, 4) is 0 Å². The Hall–Kier alpha value is -0.960. The Bertz CT molecular complexity index is 621. The van der Waals surface area contributed by atoms with Crippen LogP contribution in [0.1, 0.15) is 65.7 Å². The molecule has 0 aromatic rings. The van der Waals surface area contributed by atoms with Crippen LogP contribution in [0.5, 0.6) is 0 Å². The van der Waals surface area contributed by atoms with Crippen LogP contribution in [-0.2, 0) is 9.59 Å². The highest BCUT2D eigenvalue weighted by molar-refractivity contribution is 5.91. The van der Waals surface area contributed by atoms with Crippen LogP contribution in [0, 0.1) is 34.5 Å². The smallest absolute Gasteiger partial charge is 0.155 e. The lowest BCUT2D eigenvalue weighted by Gasteiger charge is -2.59. The highest BCUT2D eigenvalue weighted by Crippen LogP contribution is 2.66. The van der Waals surface area contributed by atoms with Crippen LogP contribution in [-0.4, -0.2) is 22.8 Å². The average Bonchev–Trinajstić information content (AvgIpc) is 2.84. The van der Waals surface area contributed by atoms with Crippen molar-refractivity contribution in [1.82, 2.24) is 0 Å². The van der Waals surface area contributed by atoms with Gasteiger partial charge in [0.2, 0.25) is 0 Å². The molecule has 0 bridgehead atoms. The highest BCUT2D eigenvalue weighted by Gasteiger charge is 2.62. The molecule has 1 N–H and O–H groups in total. The van der Waals surface area contributed by atoms with Crippen molar-refractivity contribution in [1.29, 1.82) is 0 Å². The van der Waals surface area contributed by atoms with Crippen LogP contribution in [0.3, 0.4) is 0 Å². The molecule has 0 saturated heterocycles. The third kappa shape index (κ3) is 2.06. The second-order valence-corrected chi connectivity index (χ2v) is 9.41. The van der Waals surface area contributed by atoms with Gasteiger partial charge in [0.25, 0.3) is 0 Å². The van der Waals surface area contributed by atoms with Crippen molar-refractivity contribution in [2.75, 3.05) is 0 Å². The lowest BCUT2D eigenvalue weighted by Crippen LogP contribution is -2.56. The quantitative estimate of drug-likeness (QED) is 0.797. The number of aliphatic hydroxyl groups is 1. The lowest BCUT2D eigenvalue weighted by atomic mass is 9.46. The lowest BCUT2D eigenvalue weighted by molar-refractivity contribution is -0.143. The third-order valence-corrected chi connectivity index (χ3v) is 8.38. The Morgan fingerprint density at radius 2 is 1.96 bits per heavy atom. The molecule has 3 nitrogen and oxygen atoms in total. The Labute approximate surface area is 144 Å². The van der Waals surface area contributed by atoms with Crippen molar-refractivity contribution >= 4 is 11.6 Å². The summed E-state index contributed by atoms with van der Waals surface area (Å²) >= 11 is 0. The molecule has 3 saturated carbocycles. The molecule has 0 spiro atoms. The van der Waals surface area contributed by atoms with E-state index in [0.29, 0.717) is 24.0 Å². The fraction of sp³-hybridized carbons (Fsp3) is 0.810. The molecule has 0 amide bonds. The minimum Gasteiger partial charge on any atom is -0.393 e. The highest BCUT2D eigenvalue weighted by atomic mass is 16.3. The van der Waals surface area contributed by atoms with Gasteiger partial charge in [0.15, 0.2) is 5.78 Å². The molecule has 0 aliphatic heterocycles. The van der Waals surface area contributed by atoms with E-state index in [1.54, 1.807) is 6.92 Å². The molecule has 0 radical (unpaired) electrons. The summed E-state index contributed by atoms with van der Waals surface area (Å²) in [6.07, 6.45) is 7.97. The molecule has 0 heterocycles. The minimum absolute atomic E-state index is 0.0219. The van der Waals surface area contributed by atoms with Gasteiger partial charge in [0.1, 0.15) is 5.78 Å². The topological polar surface area (TPSA) is 54.4 Å². The number of carbonyl (C=O) groups excluding carboxylic acids is 2. The zero-order valence-electron chi connectivity index (χ0n) is 15.2. The third-order valence-electron chi connectivity index (χ3n) is 8.38. The van der Waals surface area contributed by atoms with E-state index in [0.717, 1.165) is 38.5 Å². The second-order valence-electron chi connectivity index (χ2n) is 9.41. The van der Waals surface area contributed by atoms with Gasteiger partial charge in [-0.3, -0.25) is 9.59 Å². The fourth-order valence-electron chi connectivity index (χ4n) is 7.35. The van der Waals surface area contributed by atoms with Crippen LogP contribution < -0.4 is 0 Å². The molecular formula is C21H30O3. The van der Waals surface area contributed by atoms with Crippen LogP contribution in [0.2, 0.25) is 0 Å². The summed E-state index contributed by atoms with van der Waals surface area (Å²) in [4.78, 5) is 24.0. The Morgan fingerprint density at radius 1 is 1.21 bits per heavy atom. The number of rotatable bonds is 1. The predicted octanol–water partition coefficient (Wildman–Crippen LogP) is 3.69. The summed E-state index contributed by atoms with van der Waals surface area (Å²) in [7, 11) is 0. The average molecular weight is 330 g/mol. The van der Waals surface area contributed by atoms with Gasteiger partial charge in [-0.1, -0.05) is 19.4 Å². The number of Topliss-reactive ketones (excluding diaryl/α,β-unsaturated/α-hetero) is 1. The molecule has 0 unspecified atom stereocenters. The molecule has 0 aromatic heterocycles. The molecule has 0 aromatic carbocycles. The zero-order chi connectivity index (χ0) is 17.3. The summed E-state index contributed by atoms with van der Waals surface area (Å²) < 4.78 is 0. The Morgan fingerprint density at radius 3 is 2.67 bits per heavy atom. The summed E-state index contributed by atoms with van der Waals surface area (Å²) in [5.74, 6) is 1.99. The molecule has 7 atom stereocenters. The first-order valence-electron chi connectivity index (χ1n) is 9.70. The maximum atomic E-state index is 12.2. The van der Waals surface area contributed by atoms with E-state index in [9.17, 15) is 14.7 Å². The van der Waals surface area contributed by atoms with Crippen molar-refractivity contribution in [2.24, 2.45) is 34.5 Å². The van der Waals surface area contributed by atoms with Gasteiger partial charge >= 0.3 is 0 Å². The second kappa shape index (κ2) is 5.27. The zero-order valence-corrected chi connectivity index (χ0v) is 15.2. The van der Waals surface area contributed by atoms with E-state index in [-0.39, 0.29) is 34.6 Å². The first-order chi connectivity index (χ1) is 11.3. The fourth-order valence-corrected chi connectivity index (χ4v) is 7.35. The van der Waals surface area contributed by atoms with Gasteiger partial charge in [-0.25, -0.2) is 0 Å². The number of hydrogen-bond donors (Lipinski definition) is 1. The van der Waals surface area contributed by atoms with E-state index in [1.165, 1.54) is 5.57 Å². The van der Waals surface area contributed by atoms with Gasteiger partial charge in [0, 0.05) is 12.3 Å². The van der Waals surface area contributed by atoms with E-state index in [4.69, 9.17) is 0 Å². The normalized spacial score (nSPS) is 50.6. The maximum absolute atomic E-state index is 12.2. The first kappa shape index (κ1) is 16.5. The molecule has 4 aliphatic rings. The van der Waals surface area contributed by atoms with E-state index in [2.05, 4.69) is 13.8 Å². The molecule has 3 fully saturated rings. The molecule has 3 heteroatoms. The largest absolute Gasteiger partial charge is 0.393 e. The molecule has 132 valence electrons. The van der Waals surface area contributed by atoms with Gasteiger partial charge in [-0.2, -0.15) is 0 Å². The number of carbonyl (C=O) groups is 2. The van der Waals surface area contributed by atoms with Crippen molar-refractivity contribution < 1.29 is 14.7 Å². The van der Waals surface area contributed by atoms with Crippen LogP contribution >= 0.6 is 0 Å². The standard InChI is InChI=1S/C21H30O3/c1-12(22)16-6-7-17-15-5-4-13-10-14(23)8-9-20(13,2)19(15)18(24)11-21(16,17)3/h10,15-19,24H,4-9,11H2,1-3H3/t15-,16+,17-,18+,19+,20-,21-/m0/s1. The maximum Gasteiger partial charge on any atom is 0.155 e. The van der Waals surface area contributed by atoms with E-state index >= 15 is 0 Å². The van der Waals surface area contributed by atoms with Gasteiger partial charge in [-0.15, -0.1) is 0 Å². The van der Waals surface area contributed by atoms with Gasteiger partial charge in [0.05, 0.1) is 6.10 Å². The van der Waals surface area contributed by atoms with Crippen LogP contribution in [0.25, 0.3) is 0 Å². The summed E-state index contributed by atoms with van der Waals surface area (Å²) in [6.45, 7) is 6.27. The number of ketones is 2. The summed E-state index contributed by atoms with van der Waals surface area (Å²) in [5.41, 5.74) is 1.23. The monoisotopic (exact) mass is 330 g/mol. The van der Waals surface area contributed by atoms with Crippen molar-refractivity contribution in [3.63, 3.8) is 0 Å². The Balaban J connectivity index is 1.72. The minimum atomic E-state index is -0.349. The SMILES string of the molecule is CC(=O)[C@H]1CC[C@H]2[C@@H]3CCC4=CC(=O)CC[C@]4(C)[C@H]3[C@H](O)C[C@@]12C. The van der Waals surface area contributed by atoms with Gasteiger partial charge < -0.3 is 5.11 Å². The number of aliphatic hydroxyl groups excluding tert-OH is 1.